The fourth-order valence-electron chi connectivity index (χ4n) is 2.66. The third-order valence-electron chi connectivity index (χ3n) is 3.67. The molecule has 2 N–H and O–H groups in total. The van der Waals surface area contributed by atoms with E-state index in [0.29, 0.717) is 6.54 Å². The summed E-state index contributed by atoms with van der Waals surface area (Å²) >= 11 is 0. The van der Waals surface area contributed by atoms with Gasteiger partial charge in [0.05, 0.1) is 11.7 Å². The molecule has 18 heavy (non-hydrogen) atoms. The van der Waals surface area contributed by atoms with Crippen LogP contribution in [0.5, 0.6) is 0 Å². The van der Waals surface area contributed by atoms with Crippen molar-refractivity contribution >= 4 is 6.03 Å². The van der Waals surface area contributed by atoms with Crippen LogP contribution in [0.4, 0.5) is 4.79 Å². The van der Waals surface area contributed by atoms with Crippen LogP contribution < -0.4 is 10.6 Å². The van der Waals surface area contributed by atoms with Gasteiger partial charge in [0.15, 0.2) is 0 Å². The average Bonchev–Trinajstić information content (AvgIpc) is 3.05. The fraction of sp³-hybridized carbons (Fsp3) is 0.667. The minimum atomic E-state index is 0.0618. The Morgan fingerprint density at radius 3 is 3.17 bits per heavy atom. The van der Waals surface area contributed by atoms with Gasteiger partial charge < -0.3 is 15.5 Å². The predicted octanol–water partition coefficient (Wildman–Crippen LogP) is 0.333. The van der Waals surface area contributed by atoms with Crippen LogP contribution in [0.2, 0.25) is 0 Å². The summed E-state index contributed by atoms with van der Waals surface area (Å²) in [6, 6.07) is 2.30. The summed E-state index contributed by atoms with van der Waals surface area (Å²) in [5.41, 5.74) is 1.18. The van der Waals surface area contributed by atoms with Crippen molar-refractivity contribution in [2.45, 2.75) is 25.4 Å². The van der Waals surface area contributed by atoms with E-state index >= 15 is 0 Å². The lowest BCUT2D eigenvalue weighted by Crippen LogP contribution is -2.44. The summed E-state index contributed by atoms with van der Waals surface area (Å²) < 4.78 is 2.01. The molecule has 0 radical (unpaired) electrons. The molecule has 0 aromatic carbocycles. The quantitative estimate of drug-likeness (QED) is 0.794. The number of amides is 2. The highest BCUT2D eigenvalue weighted by Crippen LogP contribution is 2.13. The number of carbonyl (C=O) groups is 1. The Labute approximate surface area is 106 Å². The molecule has 1 aromatic rings. The van der Waals surface area contributed by atoms with Crippen LogP contribution in [-0.4, -0.2) is 46.9 Å². The Balaban J connectivity index is 1.56. The highest BCUT2D eigenvalue weighted by Gasteiger charge is 2.22. The largest absolute Gasteiger partial charge is 0.336 e. The van der Waals surface area contributed by atoms with Crippen LogP contribution >= 0.6 is 0 Å². The van der Waals surface area contributed by atoms with E-state index in [9.17, 15) is 4.79 Å². The minimum Gasteiger partial charge on any atom is -0.336 e. The second kappa shape index (κ2) is 4.97. The van der Waals surface area contributed by atoms with E-state index in [4.69, 9.17) is 0 Å². The monoisotopic (exact) mass is 249 g/mol. The topological polar surface area (TPSA) is 62.2 Å². The van der Waals surface area contributed by atoms with E-state index in [0.717, 1.165) is 39.0 Å². The Kier molecular flexibility index (Phi) is 3.19. The van der Waals surface area contributed by atoms with Gasteiger partial charge >= 0.3 is 6.03 Å². The lowest BCUT2D eigenvalue weighted by atomic mass is 10.2. The van der Waals surface area contributed by atoms with Crippen LogP contribution in [0.15, 0.2) is 12.3 Å². The normalized spacial score (nSPS) is 22.9. The molecule has 1 aromatic heterocycles. The summed E-state index contributed by atoms with van der Waals surface area (Å²) in [6.45, 7) is 4.13. The van der Waals surface area contributed by atoms with E-state index in [-0.39, 0.29) is 12.1 Å². The lowest BCUT2D eigenvalue weighted by Gasteiger charge is -2.26. The Morgan fingerprint density at radius 1 is 1.50 bits per heavy atom. The smallest absolute Gasteiger partial charge is 0.317 e. The van der Waals surface area contributed by atoms with Crippen LogP contribution in [0.3, 0.4) is 0 Å². The van der Waals surface area contributed by atoms with Crippen molar-refractivity contribution < 1.29 is 4.79 Å². The van der Waals surface area contributed by atoms with Gasteiger partial charge in [-0.15, -0.1) is 0 Å². The zero-order chi connectivity index (χ0) is 12.4. The summed E-state index contributed by atoms with van der Waals surface area (Å²) in [4.78, 5) is 13.8. The predicted molar refractivity (Wildman–Crippen MR) is 67.2 cm³/mol. The molecule has 0 saturated carbocycles. The zero-order valence-corrected chi connectivity index (χ0v) is 10.4. The first kappa shape index (κ1) is 11.5. The summed E-state index contributed by atoms with van der Waals surface area (Å²) in [5, 5.41) is 10.7. The van der Waals surface area contributed by atoms with E-state index in [1.807, 2.05) is 21.8 Å². The van der Waals surface area contributed by atoms with Crippen molar-refractivity contribution in [3.8, 4) is 0 Å². The van der Waals surface area contributed by atoms with Crippen molar-refractivity contribution in [3.05, 3.63) is 18.0 Å². The van der Waals surface area contributed by atoms with Crippen molar-refractivity contribution in [2.24, 2.45) is 0 Å². The molecule has 0 aliphatic carbocycles. The van der Waals surface area contributed by atoms with Crippen LogP contribution in [0, 0.1) is 0 Å². The molecule has 1 atom stereocenters. The first-order valence-electron chi connectivity index (χ1n) is 6.60. The molecule has 2 aliphatic heterocycles. The minimum absolute atomic E-state index is 0.0618. The van der Waals surface area contributed by atoms with Gasteiger partial charge in [-0.1, -0.05) is 0 Å². The van der Waals surface area contributed by atoms with Gasteiger partial charge in [0.2, 0.25) is 0 Å². The van der Waals surface area contributed by atoms with Crippen molar-refractivity contribution in [1.29, 1.82) is 0 Å². The maximum absolute atomic E-state index is 11.9. The lowest BCUT2D eigenvalue weighted by molar-refractivity contribution is 0.205. The molecule has 2 amide bonds. The molecule has 0 unspecified atom stereocenters. The molecule has 3 rings (SSSR count). The maximum atomic E-state index is 11.9. The van der Waals surface area contributed by atoms with Gasteiger partial charge in [-0.25, -0.2) is 4.79 Å². The first-order chi connectivity index (χ1) is 8.84. The third kappa shape index (κ3) is 2.20. The second-order valence-electron chi connectivity index (χ2n) is 4.93. The standard InChI is InChI=1S/C12H19N5O/c18-12(16-5-1-2-6-16)14-9-11-8-13-7-10-3-4-15-17(10)11/h3-4,11,13H,1-2,5-9H2,(H,14,18)/t11-/m1/s1. The van der Waals surface area contributed by atoms with Gasteiger partial charge in [0.25, 0.3) is 0 Å². The van der Waals surface area contributed by atoms with Crippen molar-refractivity contribution in [3.63, 3.8) is 0 Å². The summed E-state index contributed by atoms with van der Waals surface area (Å²) in [7, 11) is 0. The Hall–Kier alpha value is -1.56. The molecule has 1 saturated heterocycles. The van der Waals surface area contributed by atoms with Gasteiger partial charge in [-0.3, -0.25) is 4.68 Å². The molecular weight excluding hydrogens is 230 g/mol. The Morgan fingerprint density at radius 2 is 2.33 bits per heavy atom. The van der Waals surface area contributed by atoms with Crippen molar-refractivity contribution in [2.75, 3.05) is 26.2 Å². The van der Waals surface area contributed by atoms with Crippen LogP contribution in [0.25, 0.3) is 0 Å². The number of aromatic nitrogens is 2. The van der Waals surface area contributed by atoms with E-state index < -0.39 is 0 Å². The molecule has 6 heteroatoms. The number of nitrogens with zero attached hydrogens (tertiary/aromatic N) is 3. The molecule has 1 fully saturated rings. The average molecular weight is 249 g/mol. The number of carbonyl (C=O) groups excluding carboxylic acids is 1. The van der Waals surface area contributed by atoms with E-state index in [2.05, 4.69) is 15.7 Å². The summed E-state index contributed by atoms with van der Waals surface area (Å²) in [5.74, 6) is 0. The summed E-state index contributed by atoms with van der Waals surface area (Å²) in [6.07, 6.45) is 4.07. The number of hydrogen-bond donors (Lipinski definition) is 2. The fourth-order valence-corrected chi connectivity index (χ4v) is 2.66. The molecule has 6 nitrogen and oxygen atoms in total. The molecule has 3 heterocycles. The number of urea groups is 1. The third-order valence-corrected chi connectivity index (χ3v) is 3.67. The number of likely N-dealkylation sites (tertiary alicyclic amines) is 1. The molecule has 98 valence electrons. The number of nitrogens with one attached hydrogen (secondary N) is 2. The van der Waals surface area contributed by atoms with Crippen LogP contribution in [-0.2, 0) is 6.54 Å². The molecular formula is C12H19N5O. The van der Waals surface area contributed by atoms with E-state index in [1.54, 1.807) is 0 Å². The van der Waals surface area contributed by atoms with Gasteiger partial charge in [0, 0.05) is 38.9 Å². The van der Waals surface area contributed by atoms with Crippen molar-refractivity contribution in [1.82, 2.24) is 25.3 Å². The highest BCUT2D eigenvalue weighted by atomic mass is 16.2. The van der Waals surface area contributed by atoms with Crippen LogP contribution in [0.1, 0.15) is 24.6 Å². The van der Waals surface area contributed by atoms with Gasteiger partial charge in [-0.05, 0) is 18.9 Å². The molecule has 0 bridgehead atoms. The SMILES string of the molecule is O=C(NC[C@H]1CNCc2ccnn21)N1CCCC1. The maximum Gasteiger partial charge on any atom is 0.317 e. The number of fused-ring (bicyclic) bond motifs is 1. The molecule has 2 aliphatic rings. The van der Waals surface area contributed by atoms with Gasteiger partial charge in [-0.2, -0.15) is 5.10 Å². The second-order valence-corrected chi connectivity index (χ2v) is 4.93. The number of rotatable bonds is 2. The highest BCUT2D eigenvalue weighted by molar-refractivity contribution is 5.74. The first-order valence-corrected chi connectivity index (χ1v) is 6.60. The van der Waals surface area contributed by atoms with E-state index in [1.165, 1.54) is 5.69 Å². The Bertz CT molecular complexity index is 424. The van der Waals surface area contributed by atoms with Gasteiger partial charge in [0.1, 0.15) is 0 Å². The molecule has 0 spiro atoms. The number of hydrogen-bond acceptors (Lipinski definition) is 3. The zero-order valence-electron chi connectivity index (χ0n) is 10.4.